The molecule has 15 heteroatoms. The third-order valence-corrected chi connectivity index (χ3v) is 8.01. The lowest BCUT2D eigenvalue weighted by molar-refractivity contribution is -0.192. The number of carboxylic acid groups (broad SMARTS) is 2. The lowest BCUT2D eigenvalue weighted by Crippen LogP contribution is -2.21. The fourth-order valence-electron chi connectivity index (χ4n) is 4.28. The smallest absolute Gasteiger partial charge is 0.490 e. The maximum absolute atomic E-state index is 13.1. The molecule has 0 aromatic heterocycles. The van der Waals surface area contributed by atoms with E-state index in [0.29, 0.717) is 33.9 Å². The van der Waals surface area contributed by atoms with Crippen LogP contribution in [0.4, 0.5) is 18.9 Å². The van der Waals surface area contributed by atoms with Gasteiger partial charge >= 0.3 is 18.1 Å². The fraction of sp³-hybridized carbons (Fsp3) is 0.0606. The van der Waals surface area contributed by atoms with Gasteiger partial charge in [0.25, 0.3) is 10.0 Å². The number of anilines is 1. The second-order valence-electron chi connectivity index (χ2n) is 9.92. The summed E-state index contributed by atoms with van der Waals surface area (Å²) in [6.45, 7) is 0. The Bertz CT molecular complexity index is 2120. The summed E-state index contributed by atoms with van der Waals surface area (Å²) >= 11 is 0. The number of nitrogens with two attached hydrogens (primary N) is 1. The van der Waals surface area contributed by atoms with Gasteiger partial charge < -0.3 is 25.4 Å². The van der Waals surface area contributed by atoms with Crippen molar-refractivity contribution in [2.24, 2.45) is 5.73 Å². The molecule has 0 amide bonds. The molecule has 0 aliphatic rings. The second kappa shape index (κ2) is 14.1. The van der Waals surface area contributed by atoms with E-state index in [9.17, 15) is 31.5 Å². The number of methoxy groups -OCH3 is 1. The van der Waals surface area contributed by atoms with Crippen molar-refractivity contribution >= 4 is 44.3 Å². The molecule has 0 atom stereocenters. The third-order valence-electron chi connectivity index (χ3n) is 6.62. The number of nitrogen functional groups attached to an aromatic ring is 1. The molecular weight excluding hydrogens is 655 g/mol. The van der Waals surface area contributed by atoms with E-state index in [1.807, 2.05) is 24.3 Å². The number of aliphatic carboxylic acids is 1. The molecule has 6 N–H and O–H groups in total. The number of ether oxygens (including phenoxy) is 2. The number of sulfonamides is 1. The van der Waals surface area contributed by atoms with Gasteiger partial charge in [-0.25, -0.2) is 18.0 Å². The van der Waals surface area contributed by atoms with Gasteiger partial charge in [-0.2, -0.15) is 13.2 Å². The number of benzene rings is 5. The lowest BCUT2D eigenvalue weighted by Gasteiger charge is -2.16. The summed E-state index contributed by atoms with van der Waals surface area (Å²) < 4.78 is 71.8. The van der Waals surface area contributed by atoms with Crippen molar-refractivity contribution in [3.8, 4) is 28.4 Å². The van der Waals surface area contributed by atoms with E-state index in [1.165, 1.54) is 31.4 Å². The SMILES string of the molecule is COc1ccc(S(=O)(=O)Nc2ccc(Oc3ccc4cc(C(=N)N)ccc4c3)c(-c3cccc(C(=O)O)c3)c2)cc1.O=C(O)C(F)(F)F. The average Bonchev–Trinajstić information content (AvgIpc) is 3.05. The number of rotatable bonds is 9. The Labute approximate surface area is 271 Å². The molecule has 0 heterocycles. The molecule has 11 nitrogen and oxygen atoms in total. The Kier molecular flexibility index (Phi) is 10.2. The van der Waals surface area contributed by atoms with Crippen molar-refractivity contribution in [2.75, 3.05) is 11.8 Å². The number of alkyl halides is 3. The summed E-state index contributed by atoms with van der Waals surface area (Å²) in [5.74, 6) is -2.45. The van der Waals surface area contributed by atoms with Crippen LogP contribution in [0.15, 0.2) is 108 Å². The van der Waals surface area contributed by atoms with Crippen LogP contribution in [0.25, 0.3) is 21.9 Å². The lowest BCUT2D eigenvalue weighted by atomic mass is 10.0. The van der Waals surface area contributed by atoms with Gasteiger partial charge in [-0.1, -0.05) is 30.3 Å². The monoisotopic (exact) mass is 681 g/mol. The molecule has 0 radical (unpaired) electrons. The zero-order chi connectivity index (χ0) is 35.2. The second-order valence-corrected chi connectivity index (χ2v) is 11.6. The van der Waals surface area contributed by atoms with Gasteiger partial charge in [0, 0.05) is 16.8 Å². The Balaban J connectivity index is 0.000000671. The first-order valence-electron chi connectivity index (χ1n) is 13.6. The number of fused-ring (bicyclic) bond motifs is 1. The normalized spacial score (nSPS) is 11.2. The van der Waals surface area contributed by atoms with Crippen LogP contribution in [-0.4, -0.2) is 49.7 Å². The fourth-order valence-corrected chi connectivity index (χ4v) is 5.33. The van der Waals surface area contributed by atoms with Gasteiger partial charge in [0.1, 0.15) is 23.1 Å². The molecular formula is C33H26F3N3O8S. The first-order valence-corrected chi connectivity index (χ1v) is 15.1. The number of carbonyl (C=O) groups is 2. The van der Waals surface area contributed by atoms with Crippen LogP contribution in [0.3, 0.4) is 0 Å². The van der Waals surface area contributed by atoms with E-state index in [1.54, 1.807) is 54.6 Å². The minimum absolute atomic E-state index is 0.0248. The van der Waals surface area contributed by atoms with Gasteiger partial charge in [0.15, 0.2) is 0 Å². The van der Waals surface area contributed by atoms with Crippen LogP contribution < -0.4 is 19.9 Å². The van der Waals surface area contributed by atoms with E-state index in [4.69, 9.17) is 30.5 Å². The molecule has 0 bridgehead atoms. The minimum Gasteiger partial charge on any atom is -0.497 e. The van der Waals surface area contributed by atoms with Crippen LogP contribution in [-0.2, 0) is 14.8 Å². The predicted octanol–water partition coefficient (Wildman–Crippen LogP) is 6.72. The standard InChI is InChI=1S/C31H25N3O6S.C2HF3O2/c1-39-25-10-12-27(13-11-25)41(37,38)34-24-8-14-29(28(18-24)21-3-2-4-23(16-21)31(35)36)40-26-9-7-19-15-22(30(32)33)6-5-20(19)17-26;3-2(4,5)1(6)7/h2-18,34H,1H3,(H3,32,33)(H,35,36);(H,6,7). The summed E-state index contributed by atoms with van der Waals surface area (Å²) in [6.07, 6.45) is -5.08. The molecule has 0 fully saturated rings. The Morgan fingerprint density at radius 1 is 0.812 bits per heavy atom. The number of amidine groups is 1. The molecule has 0 spiro atoms. The first-order chi connectivity index (χ1) is 22.6. The molecule has 0 aliphatic heterocycles. The highest BCUT2D eigenvalue weighted by molar-refractivity contribution is 7.92. The van der Waals surface area contributed by atoms with Gasteiger partial charge in [0.05, 0.1) is 17.6 Å². The topological polar surface area (TPSA) is 189 Å². The Hall–Kier alpha value is -6.09. The summed E-state index contributed by atoms with van der Waals surface area (Å²) in [6, 6.07) is 27.9. The quantitative estimate of drug-likeness (QED) is 0.0830. The molecule has 5 rings (SSSR count). The van der Waals surface area contributed by atoms with Gasteiger partial charge in [-0.15, -0.1) is 0 Å². The maximum Gasteiger partial charge on any atom is 0.490 e. The summed E-state index contributed by atoms with van der Waals surface area (Å²) in [4.78, 5) is 20.6. The highest BCUT2D eigenvalue weighted by atomic mass is 32.2. The summed E-state index contributed by atoms with van der Waals surface area (Å²) in [7, 11) is -2.43. The number of carboxylic acids is 2. The van der Waals surface area contributed by atoms with Crippen LogP contribution in [0, 0.1) is 5.41 Å². The van der Waals surface area contributed by atoms with E-state index in [0.717, 1.165) is 10.8 Å². The zero-order valence-electron chi connectivity index (χ0n) is 24.8. The van der Waals surface area contributed by atoms with Crippen molar-refractivity contribution in [1.29, 1.82) is 5.41 Å². The van der Waals surface area contributed by atoms with Crippen LogP contribution in [0.5, 0.6) is 17.2 Å². The molecule has 0 unspecified atom stereocenters. The predicted molar refractivity (Wildman–Crippen MR) is 171 cm³/mol. The van der Waals surface area contributed by atoms with Gasteiger partial charge in [-0.05, 0) is 89.1 Å². The van der Waals surface area contributed by atoms with E-state index in [-0.39, 0.29) is 22.0 Å². The molecule has 5 aromatic rings. The van der Waals surface area contributed by atoms with E-state index in [2.05, 4.69) is 4.72 Å². The Morgan fingerprint density at radius 2 is 1.44 bits per heavy atom. The largest absolute Gasteiger partial charge is 0.497 e. The van der Waals surface area contributed by atoms with Crippen molar-refractivity contribution < 1.29 is 50.9 Å². The molecule has 5 aromatic carbocycles. The van der Waals surface area contributed by atoms with Gasteiger partial charge in [-0.3, -0.25) is 10.1 Å². The van der Waals surface area contributed by atoms with Crippen LogP contribution in [0.1, 0.15) is 15.9 Å². The number of hydrogen-bond acceptors (Lipinski definition) is 7. The first kappa shape index (κ1) is 34.8. The molecule has 0 saturated carbocycles. The molecule has 48 heavy (non-hydrogen) atoms. The third kappa shape index (κ3) is 8.58. The number of halogens is 3. The van der Waals surface area contributed by atoms with Crippen molar-refractivity contribution in [3.63, 3.8) is 0 Å². The highest BCUT2D eigenvalue weighted by Crippen LogP contribution is 2.37. The van der Waals surface area contributed by atoms with E-state index < -0.39 is 28.1 Å². The van der Waals surface area contributed by atoms with Crippen molar-refractivity contribution in [1.82, 2.24) is 0 Å². The van der Waals surface area contributed by atoms with Crippen LogP contribution in [0.2, 0.25) is 0 Å². The summed E-state index contributed by atoms with van der Waals surface area (Å²) in [5.41, 5.74) is 7.56. The Morgan fingerprint density at radius 3 is 2.04 bits per heavy atom. The number of hydrogen-bond donors (Lipinski definition) is 5. The van der Waals surface area contributed by atoms with E-state index >= 15 is 0 Å². The number of nitrogens with one attached hydrogen (secondary N) is 2. The molecule has 0 aliphatic carbocycles. The summed E-state index contributed by atoms with van der Waals surface area (Å²) in [5, 5.41) is 26.1. The number of aromatic carboxylic acids is 1. The average molecular weight is 682 g/mol. The van der Waals surface area contributed by atoms with Gasteiger partial charge in [0.2, 0.25) is 0 Å². The minimum atomic E-state index is -5.08. The highest BCUT2D eigenvalue weighted by Gasteiger charge is 2.38. The molecule has 248 valence electrons. The zero-order valence-corrected chi connectivity index (χ0v) is 25.6. The van der Waals surface area contributed by atoms with Crippen molar-refractivity contribution in [3.05, 3.63) is 114 Å². The van der Waals surface area contributed by atoms with Crippen LogP contribution >= 0.6 is 0 Å². The van der Waals surface area contributed by atoms with Crippen molar-refractivity contribution in [2.45, 2.75) is 11.1 Å². The maximum atomic E-state index is 13.1. The molecule has 0 saturated heterocycles.